The molecule has 0 spiro atoms. The number of carbonyl (C=O) groups excluding carboxylic acids is 3. The highest BCUT2D eigenvalue weighted by atomic mass is 127. The summed E-state index contributed by atoms with van der Waals surface area (Å²) in [5.41, 5.74) is 1.52. The quantitative estimate of drug-likeness (QED) is 0.0592. The van der Waals surface area contributed by atoms with Crippen molar-refractivity contribution in [3.63, 3.8) is 0 Å². The summed E-state index contributed by atoms with van der Waals surface area (Å²) in [4.78, 5) is 35.4. The van der Waals surface area contributed by atoms with Gasteiger partial charge in [-0.1, -0.05) is 53.3 Å². The predicted octanol–water partition coefficient (Wildman–Crippen LogP) is 0.868. The number of nitrogens with one attached hydrogen (secondary N) is 3. The molecule has 5 rings (SSSR count). The first-order chi connectivity index (χ1) is 19.3. The lowest BCUT2D eigenvalue weighted by molar-refractivity contribution is -0.330. The number of rotatable bonds is 10. The van der Waals surface area contributed by atoms with Crippen molar-refractivity contribution in [2.75, 3.05) is 16.8 Å². The molecule has 0 aliphatic carbocycles. The summed E-state index contributed by atoms with van der Waals surface area (Å²) < 4.78 is 23.1. The molecule has 1 aromatic carbocycles. The molecular formula is C26H34IN3O9S. The van der Waals surface area contributed by atoms with E-state index in [4.69, 9.17) is 18.9 Å². The number of carbonyl (C=O) groups is 3. The number of benzene rings is 1. The first kappa shape index (κ1) is 29.8. The summed E-state index contributed by atoms with van der Waals surface area (Å²) in [5.74, 6) is 0.362. The highest BCUT2D eigenvalue weighted by Crippen LogP contribution is 2.34. The molecule has 40 heavy (non-hydrogen) atoms. The number of urea groups is 1. The minimum Gasteiger partial charge on any atom is -0.461 e. The smallest absolute Gasteiger partial charge is 0.315 e. The van der Waals surface area contributed by atoms with Gasteiger partial charge in [0.15, 0.2) is 12.5 Å². The van der Waals surface area contributed by atoms with Crippen molar-refractivity contribution < 1.29 is 43.5 Å². The molecule has 4 aliphatic heterocycles. The van der Waals surface area contributed by atoms with Crippen LogP contribution in [0.4, 0.5) is 4.79 Å². The van der Waals surface area contributed by atoms with Gasteiger partial charge < -0.3 is 45.1 Å². The Balaban J connectivity index is 1.02. The Labute approximate surface area is 249 Å². The van der Waals surface area contributed by atoms with E-state index < -0.39 is 36.9 Å². The van der Waals surface area contributed by atoms with Gasteiger partial charge in [-0.15, -0.1) is 0 Å². The topological polar surface area (TPSA) is 165 Å². The zero-order valence-corrected chi connectivity index (χ0v) is 24.7. The normalized spacial score (nSPS) is 34.8. The average Bonchev–Trinajstić information content (AvgIpc) is 3.52. The molecule has 4 fully saturated rings. The average molecular weight is 697 g/mol. The number of amides is 3. The minimum atomic E-state index is -1.34. The fourth-order valence-corrected chi connectivity index (χ4v) is 7.13. The summed E-state index contributed by atoms with van der Waals surface area (Å²) in [6, 6.07) is 7.53. The summed E-state index contributed by atoms with van der Waals surface area (Å²) in [6.07, 6.45) is -2.97. The first-order valence-electron chi connectivity index (χ1n) is 13.4. The second kappa shape index (κ2) is 13.5. The number of unbranched alkanes of at least 4 members (excludes halogenated alkanes) is 1. The molecule has 5 N–H and O–H groups in total. The van der Waals surface area contributed by atoms with Crippen molar-refractivity contribution in [2.45, 2.75) is 86.6 Å². The maximum atomic E-state index is 12.2. The third-order valence-corrected chi connectivity index (χ3v) is 9.71. The molecule has 1 aromatic rings. The minimum absolute atomic E-state index is 0.0881. The molecule has 0 saturated carbocycles. The van der Waals surface area contributed by atoms with Crippen molar-refractivity contribution in [3.8, 4) is 0 Å². The molecular weight excluding hydrogens is 663 g/mol. The van der Waals surface area contributed by atoms with E-state index in [2.05, 4.69) is 16.0 Å². The van der Waals surface area contributed by atoms with E-state index in [-0.39, 0.29) is 47.6 Å². The lowest BCUT2D eigenvalue weighted by atomic mass is 10.0. The number of hydrogen-bond acceptors (Lipinski definition) is 10. The van der Waals surface area contributed by atoms with Crippen molar-refractivity contribution in [1.82, 2.24) is 16.0 Å². The summed E-state index contributed by atoms with van der Waals surface area (Å²) >= 11 is 3.77. The maximum Gasteiger partial charge on any atom is 0.315 e. The third-order valence-electron chi connectivity index (χ3n) is 7.51. The van der Waals surface area contributed by atoms with Crippen LogP contribution >= 0.6 is 34.4 Å². The highest BCUT2D eigenvalue weighted by Gasteiger charge is 2.49. The van der Waals surface area contributed by atoms with Crippen LogP contribution in [0.1, 0.15) is 43.1 Å². The summed E-state index contributed by atoms with van der Waals surface area (Å²) in [5, 5.41) is 29.9. The molecule has 9 atom stereocenters. The van der Waals surface area contributed by atoms with E-state index in [1.54, 1.807) is 12.1 Å². The molecule has 4 aliphatic rings. The van der Waals surface area contributed by atoms with Crippen molar-refractivity contribution in [2.24, 2.45) is 0 Å². The molecule has 2 unspecified atom stereocenters. The Kier molecular flexibility index (Phi) is 10.1. The number of ether oxygens (including phenoxy) is 4. The number of thioether (sulfide) groups is 1. The van der Waals surface area contributed by atoms with Gasteiger partial charge in [-0.3, -0.25) is 9.59 Å². The van der Waals surface area contributed by atoms with Crippen LogP contribution in [0.25, 0.3) is 0 Å². The predicted molar refractivity (Wildman–Crippen MR) is 151 cm³/mol. The van der Waals surface area contributed by atoms with Crippen LogP contribution in [0.3, 0.4) is 0 Å². The van der Waals surface area contributed by atoms with Crippen molar-refractivity contribution in [1.29, 1.82) is 0 Å². The monoisotopic (exact) mass is 697 g/mol. The number of halogens is 1. The Morgan fingerprint density at radius 3 is 2.70 bits per heavy atom. The van der Waals surface area contributed by atoms with Gasteiger partial charge in [-0.05, 0) is 18.4 Å². The molecule has 0 aromatic heterocycles. The second-order valence-electron chi connectivity index (χ2n) is 10.3. The van der Waals surface area contributed by atoms with Crippen LogP contribution in [0.15, 0.2) is 24.3 Å². The van der Waals surface area contributed by atoms with Gasteiger partial charge in [0.1, 0.15) is 31.0 Å². The SMILES string of the molecule is O=C(CI)N[13C@@H]1O[13C@@H]2[13CH2]OC(c3ccc(COC(=O)CCCC[C@@H]4SC[C@@H]5NC(=O)N[C@@H]54)cc3)O[13CH]2[13C@H](O)[13C@H]1O. The standard InChI is InChI=1S/C26H34IN3O9S/c27-9-18(31)29-24-22(34)21(33)23-16(38-24)11-37-25(39-23)14-7-5-13(6-8-14)10-36-19(32)4-2-1-3-17-20-15(12-40-17)28-26(35)30-20/h5-8,15-17,20-25,33-34H,1-4,9-12H2,(H,29,31)(H2,28,30,35)/t15-,16+,17-,20-,21+,22+,23?,24+,25?/m0/s1/i11+1,16+1,21+1,22+1,23+1,24+1. The van der Waals surface area contributed by atoms with Gasteiger partial charge in [0.25, 0.3) is 0 Å². The molecule has 0 radical (unpaired) electrons. The largest absolute Gasteiger partial charge is 0.461 e. The van der Waals surface area contributed by atoms with E-state index in [1.165, 1.54) is 0 Å². The molecule has 220 valence electrons. The van der Waals surface area contributed by atoms with E-state index >= 15 is 0 Å². The van der Waals surface area contributed by atoms with Crippen LogP contribution in [0.5, 0.6) is 0 Å². The lowest BCUT2D eigenvalue weighted by Crippen LogP contribution is -2.65. The summed E-state index contributed by atoms with van der Waals surface area (Å²) in [7, 11) is 0. The van der Waals surface area contributed by atoms with Crippen LogP contribution in [-0.2, 0) is 35.1 Å². The fourth-order valence-electron chi connectivity index (χ4n) is 5.36. The van der Waals surface area contributed by atoms with Crippen molar-refractivity contribution in [3.05, 3.63) is 35.4 Å². The Morgan fingerprint density at radius 1 is 1.12 bits per heavy atom. The van der Waals surface area contributed by atoms with Crippen LogP contribution in [-0.4, -0.2) is 92.9 Å². The van der Waals surface area contributed by atoms with Gasteiger partial charge in [-0.2, -0.15) is 11.8 Å². The number of alkyl halides is 1. The van der Waals surface area contributed by atoms with E-state index in [9.17, 15) is 24.6 Å². The molecule has 4 heterocycles. The number of fused-ring (bicyclic) bond motifs is 2. The van der Waals surface area contributed by atoms with Crippen LogP contribution in [0.2, 0.25) is 0 Å². The second-order valence-corrected chi connectivity index (χ2v) is 12.3. The van der Waals surface area contributed by atoms with Gasteiger partial charge in [-0.25, -0.2) is 4.79 Å². The zero-order chi connectivity index (χ0) is 28.2. The maximum absolute atomic E-state index is 12.2. The highest BCUT2D eigenvalue weighted by molar-refractivity contribution is 14.1. The van der Waals surface area contributed by atoms with Gasteiger partial charge in [0, 0.05) is 23.0 Å². The van der Waals surface area contributed by atoms with Crippen LogP contribution in [0, 0.1) is 0 Å². The first-order valence-corrected chi connectivity index (χ1v) is 16.0. The number of hydrogen-bond donors (Lipinski definition) is 5. The molecule has 0 bridgehead atoms. The third kappa shape index (κ3) is 7.02. The van der Waals surface area contributed by atoms with Gasteiger partial charge >= 0.3 is 12.0 Å². The zero-order valence-electron chi connectivity index (χ0n) is 21.7. The summed E-state index contributed by atoms with van der Waals surface area (Å²) in [6.45, 7) is 0.264. The van der Waals surface area contributed by atoms with Gasteiger partial charge in [0.2, 0.25) is 5.91 Å². The molecule has 12 nitrogen and oxygen atoms in total. The van der Waals surface area contributed by atoms with Crippen molar-refractivity contribution >= 4 is 52.3 Å². The Morgan fingerprint density at radius 2 is 1.93 bits per heavy atom. The number of aliphatic hydroxyl groups excluding tert-OH is 2. The molecule has 3 amide bonds. The molecule has 14 heteroatoms. The molecule has 4 saturated heterocycles. The van der Waals surface area contributed by atoms with E-state index in [0.29, 0.717) is 17.2 Å². The van der Waals surface area contributed by atoms with Gasteiger partial charge in [0.05, 0.1) is 23.1 Å². The Bertz CT molecular complexity index is 1060. The van der Waals surface area contributed by atoms with E-state index in [1.807, 2.05) is 46.5 Å². The number of aliphatic hydroxyl groups is 2. The van der Waals surface area contributed by atoms with E-state index in [0.717, 1.165) is 30.6 Å². The lowest BCUT2D eigenvalue weighted by Gasteiger charge is -2.46. The van der Waals surface area contributed by atoms with Crippen LogP contribution < -0.4 is 16.0 Å². The fraction of sp³-hybridized carbons (Fsp3) is 0.654. The number of esters is 1. The Hall–Kier alpha value is -1.69.